The average Bonchev–Trinajstić information content (AvgIpc) is 2.79. The molecule has 0 saturated heterocycles. The summed E-state index contributed by atoms with van der Waals surface area (Å²) in [4.78, 5) is 11.2. The Labute approximate surface area is 235 Å². The van der Waals surface area contributed by atoms with Gasteiger partial charge in [0.2, 0.25) is 0 Å². The molecule has 0 aliphatic carbocycles. The van der Waals surface area contributed by atoms with Crippen LogP contribution in [0.2, 0.25) is 0 Å². The number of hydrogen-bond acceptors (Lipinski definition) is 2. The number of carbonyl (C=O) groups is 1. The second-order valence-electron chi connectivity index (χ2n) is 8.91. The van der Waals surface area contributed by atoms with Gasteiger partial charge in [-0.05, 0) is 19.8 Å². The number of carbonyl (C=O) groups excluding carboxylic acids is 1. The predicted octanol–water partition coefficient (Wildman–Crippen LogP) is 9.87. The average molecular weight is 758 g/mol. The lowest BCUT2D eigenvalue weighted by Gasteiger charge is -2.43. The number of hydrogen-bond donors (Lipinski definition) is 0. The molecule has 246 valence electrons. The van der Waals surface area contributed by atoms with Crippen LogP contribution in [0.25, 0.3) is 0 Å². The molecule has 20 heteroatoms. The van der Waals surface area contributed by atoms with Crippen LogP contribution in [0, 0.1) is 0 Å². The normalized spacial score (nSPS) is 15.7. The third-order valence-electron chi connectivity index (χ3n) is 5.72. The van der Waals surface area contributed by atoms with Gasteiger partial charge in [0.05, 0.1) is 6.61 Å². The minimum atomic E-state index is -8.61. The molecule has 0 rings (SSSR count). The van der Waals surface area contributed by atoms with Gasteiger partial charge in [-0.3, -0.25) is 4.79 Å². The van der Waals surface area contributed by atoms with Gasteiger partial charge in [-0.25, -0.2) is 0 Å². The maximum absolute atomic E-state index is 14.1. The van der Waals surface area contributed by atoms with Crippen molar-refractivity contribution in [1.82, 2.24) is 0 Å². The largest absolute Gasteiger partial charge is 0.466 e. The smallest absolute Gasteiger partial charge is 0.460 e. The first-order valence-electron chi connectivity index (χ1n) is 11.6. The lowest BCUT2D eigenvalue weighted by Crippen LogP contribution is -2.74. The van der Waals surface area contributed by atoms with Crippen LogP contribution in [0.1, 0.15) is 64.7 Å². The van der Waals surface area contributed by atoms with Crippen LogP contribution in [0.3, 0.4) is 0 Å². The van der Waals surface area contributed by atoms with E-state index in [-0.39, 0.29) is 25.9 Å². The molecule has 0 bridgehead atoms. The predicted molar refractivity (Wildman–Crippen MR) is 117 cm³/mol. The van der Waals surface area contributed by atoms with Gasteiger partial charge in [0, 0.05) is 16.8 Å². The Morgan fingerprint density at radius 3 is 1.37 bits per heavy atom. The highest BCUT2D eigenvalue weighted by Gasteiger charge is 2.95. The summed E-state index contributed by atoms with van der Waals surface area (Å²) in [5.41, 5.74) is 0. The van der Waals surface area contributed by atoms with Crippen LogP contribution in [-0.4, -0.2) is 64.1 Å². The van der Waals surface area contributed by atoms with E-state index in [0.717, 1.165) is 22.6 Å². The third-order valence-corrected chi connectivity index (χ3v) is 6.78. The first kappa shape index (κ1) is 40.0. The number of ether oxygens (including phenoxy) is 1. The lowest BCUT2D eigenvalue weighted by atomic mass is 9.87. The van der Waals surface area contributed by atoms with E-state index in [1.807, 2.05) is 0 Å². The van der Waals surface area contributed by atoms with E-state index in [2.05, 4.69) is 4.74 Å². The number of halogens is 18. The molecule has 41 heavy (non-hydrogen) atoms. The molecule has 0 aliphatic heterocycles. The van der Waals surface area contributed by atoms with Gasteiger partial charge in [0.1, 0.15) is 0 Å². The molecule has 0 aromatic rings. The molecule has 1 atom stereocenters. The van der Waals surface area contributed by atoms with Crippen molar-refractivity contribution in [3.8, 4) is 0 Å². The summed E-state index contributed by atoms with van der Waals surface area (Å²) in [5, 5.41) is 0. The van der Waals surface area contributed by atoms with Gasteiger partial charge in [0.25, 0.3) is 0 Å². The maximum Gasteiger partial charge on any atom is 0.460 e. The van der Waals surface area contributed by atoms with Crippen LogP contribution in [-0.2, 0) is 9.53 Å². The fourth-order valence-corrected chi connectivity index (χ4v) is 4.27. The monoisotopic (exact) mass is 758 g/mol. The lowest BCUT2D eigenvalue weighted by molar-refractivity contribution is -0.461. The van der Waals surface area contributed by atoms with Crippen molar-refractivity contribution in [1.29, 1.82) is 0 Å². The Balaban J connectivity index is 5.48. The van der Waals surface area contributed by atoms with E-state index in [4.69, 9.17) is 0 Å². The van der Waals surface area contributed by atoms with Crippen LogP contribution < -0.4 is 0 Å². The van der Waals surface area contributed by atoms with Gasteiger partial charge in [-0.2, -0.15) is 74.6 Å². The quantitative estimate of drug-likeness (QED) is 0.0458. The van der Waals surface area contributed by atoms with Crippen molar-refractivity contribution in [3.05, 3.63) is 0 Å². The molecule has 0 amide bonds. The van der Waals surface area contributed by atoms with Crippen molar-refractivity contribution < 1.29 is 84.2 Å². The Hall–Kier alpha value is -0.990. The molecule has 0 spiro atoms. The van der Waals surface area contributed by atoms with Gasteiger partial charge in [0.15, 0.2) is 0 Å². The Bertz CT molecular complexity index is 842. The van der Waals surface area contributed by atoms with E-state index >= 15 is 0 Å². The highest BCUT2D eigenvalue weighted by Crippen LogP contribution is 2.64. The van der Waals surface area contributed by atoms with Crippen molar-refractivity contribution in [3.63, 3.8) is 0 Å². The number of alkyl halides is 18. The standard InChI is InChI=1S/C21H24F17IO2/c1-2-41-13(40)10-8-6-4-3-5-7-9-12(39)11-14(22,23)15(24,25)16(26,27)17(28,29)18(30,31)19(32,33)20(34,35)21(36,37)38/h12H,2-11H2,1H3. The topological polar surface area (TPSA) is 26.3 Å². The molecule has 0 fully saturated rings. The minimum absolute atomic E-state index is 0.0174. The van der Waals surface area contributed by atoms with Crippen LogP contribution >= 0.6 is 22.6 Å². The summed E-state index contributed by atoms with van der Waals surface area (Å²) in [5.74, 6) is -56.5. The summed E-state index contributed by atoms with van der Waals surface area (Å²) < 4.78 is 229. The van der Waals surface area contributed by atoms with Gasteiger partial charge in [-0.1, -0.05) is 54.7 Å². The molecular weight excluding hydrogens is 734 g/mol. The summed E-state index contributed by atoms with van der Waals surface area (Å²) >= 11 is 1.00. The molecule has 0 saturated carbocycles. The number of esters is 1. The number of unbranched alkanes of at least 4 members (excludes halogenated alkanes) is 5. The van der Waals surface area contributed by atoms with Crippen LogP contribution in [0.15, 0.2) is 0 Å². The molecule has 2 nitrogen and oxygen atoms in total. The zero-order valence-electron chi connectivity index (χ0n) is 20.8. The minimum Gasteiger partial charge on any atom is -0.466 e. The first-order valence-corrected chi connectivity index (χ1v) is 12.9. The van der Waals surface area contributed by atoms with Crippen molar-refractivity contribution in [2.75, 3.05) is 6.61 Å². The molecule has 0 N–H and O–H groups in total. The van der Waals surface area contributed by atoms with E-state index in [1.54, 1.807) is 6.92 Å². The second kappa shape index (κ2) is 13.8. The molecule has 0 radical (unpaired) electrons. The summed E-state index contributed by atoms with van der Waals surface area (Å²) in [6, 6.07) is 0. The zero-order valence-corrected chi connectivity index (χ0v) is 22.9. The van der Waals surface area contributed by atoms with Crippen LogP contribution in [0.5, 0.6) is 0 Å². The van der Waals surface area contributed by atoms with Crippen molar-refractivity contribution in [2.45, 2.75) is 116 Å². The van der Waals surface area contributed by atoms with E-state index < -0.39 is 70.4 Å². The summed E-state index contributed by atoms with van der Waals surface area (Å²) in [7, 11) is 0. The highest BCUT2D eigenvalue weighted by atomic mass is 127. The fraction of sp³-hybridized carbons (Fsp3) is 0.952. The van der Waals surface area contributed by atoms with Crippen molar-refractivity contribution in [2.24, 2.45) is 0 Å². The summed E-state index contributed by atoms with van der Waals surface area (Å²) in [6.07, 6.45) is -8.32. The number of rotatable bonds is 18. The van der Waals surface area contributed by atoms with E-state index in [9.17, 15) is 79.4 Å². The second-order valence-corrected chi connectivity index (χ2v) is 10.7. The Morgan fingerprint density at radius 2 is 0.951 bits per heavy atom. The molecule has 0 aromatic carbocycles. The van der Waals surface area contributed by atoms with Gasteiger partial charge < -0.3 is 4.74 Å². The first-order chi connectivity index (χ1) is 18.1. The molecule has 0 heterocycles. The van der Waals surface area contributed by atoms with E-state index in [0.29, 0.717) is 25.7 Å². The molecular formula is C21H24F17IO2. The molecule has 0 aromatic heterocycles. The van der Waals surface area contributed by atoms with Crippen molar-refractivity contribution >= 4 is 28.6 Å². The SMILES string of the molecule is CCOC(=O)CCCCCCCCC(I)CC(F)(F)C(F)(F)C(F)(F)C(F)(F)C(F)(F)C(F)(F)C(F)(F)C(F)(F)F. The Kier molecular flexibility index (Phi) is 13.4. The summed E-state index contributed by atoms with van der Waals surface area (Å²) in [6.45, 7) is 1.78. The maximum atomic E-state index is 14.1. The van der Waals surface area contributed by atoms with Gasteiger partial charge >= 0.3 is 53.6 Å². The van der Waals surface area contributed by atoms with Crippen LogP contribution in [0.4, 0.5) is 74.6 Å². The Morgan fingerprint density at radius 1 is 0.585 bits per heavy atom. The molecule has 1 unspecified atom stereocenters. The third kappa shape index (κ3) is 8.14. The van der Waals surface area contributed by atoms with E-state index in [1.165, 1.54) is 0 Å². The fourth-order valence-electron chi connectivity index (χ4n) is 3.28. The highest BCUT2D eigenvalue weighted by molar-refractivity contribution is 14.1. The van der Waals surface area contributed by atoms with Gasteiger partial charge in [-0.15, -0.1) is 0 Å². The zero-order chi connectivity index (χ0) is 32.9. The molecule has 0 aliphatic rings.